The second-order valence-corrected chi connectivity index (χ2v) is 7.87. The van der Waals surface area contributed by atoms with E-state index in [4.69, 9.17) is 16.3 Å². The molecule has 0 aromatic heterocycles. The van der Waals surface area contributed by atoms with Crippen molar-refractivity contribution in [1.29, 1.82) is 0 Å². The zero-order chi connectivity index (χ0) is 18.8. The molecule has 1 N–H and O–H groups in total. The van der Waals surface area contributed by atoms with Crippen LogP contribution in [0.15, 0.2) is 42.5 Å². The minimum Gasteiger partial charge on any atom is -0.381 e. The van der Waals surface area contributed by atoms with Crippen LogP contribution in [-0.4, -0.2) is 36.7 Å². The molecule has 142 valence electrons. The summed E-state index contributed by atoms with van der Waals surface area (Å²) in [6, 6.07) is 14.5. The van der Waals surface area contributed by atoms with Gasteiger partial charge in [-0.05, 0) is 55.0 Å². The Hall–Kier alpha value is -2.04. The Balaban J connectivity index is 1.66. The lowest BCUT2D eigenvalue weighted by atomic mass is 9.87. The predicted octanol–water partition coefficient (Wildman–Crippen LogP) is 4.48. The summed E-state index contributed by atoms with van der Waals surface area (Å²) in [6.45, 7) is 4.24. The van der Waals surface area contributed by atoms with Gasteiger partial charge in [0.2, 0.25) is 0 Å². The summed E-state index contributed by atoms with van der Waals surface area (Å²) in [5.41, 5.74) is 4.83. The van der Waals surface area contributed by atoms with E-state index in [1.54, 1.807) is 0 Å². The molecule has 2 aromatic rings. The van der Waals surface area contributed by atoms with E-state index < -0.39 is 0 Å². The van der Waals surface area contributed by atoms with Gasteiger partial charge in [0.25, 0.3) is 0 Å². The number of urea groups is 1. The third-order valence-electron chi connectivity index (χ3n) is 5.53. The highest BCUT2D eigenvalue weighted by Crippen LogP contribution is 2.36. The molecule has 5 heteroatoms. The molecule has 0 aliphatic carbocycles. The number of carbonyl (C=O) groups excluding carboxylic acids is 1. The van der Waals surface area contributed by atoms with E-state index in [9.17, 15) is 4.79 Å². The number of aryl methyl sites for hydroxylation is 1. The normalized spacial score (nSPS) is 20.2. The minimum absolute atomic E-state index is 0.00834. The molecule has 2 aliphatic rings. The molecule has 1 unspecified atom stereocenters. The number of amides is 2. The van der Waals surface area contributed by atoms with E-state index >= 15 is 0 Å². The molecule has 2 aromatic carbocycles. The van der Waals surface area contributed by atoms with Crippen molar-refractivity contribution in [2.45, 2.75) is 38.3 Å². The number of carbonyl (C=O) groups is 1. The molecule has 2 amide bonds. The van der Waals surface area contributed by atoms with Gasteiger partial charge in [-0.25, -0.2) is 4.79 Å². The van der Waals surface area contributed by atoms with Crippen LogP contribution in [0.3, 0.4) is 0 Å². The topological polar surface area (TPSA) is 41.6 Å². The van der Waals surface area contributed by atoms with Crippen LogP contribution in [0.1, 0.15) is 41.1 Å². The zero-order valence-corrected chi connectivity index (χ0v) is 16.3. The van der Waals surface area contributed by atoms with Crippen LogP contribution in [0.5, 0.6) is 0 Å². The second kappa shape index (κ2) is 7.91. The molecule has 1 fully saturated rings. The summed E-state index contributed by atoms with van der Waals surface area (Å²) in [4.78, 5) is 15.1. The average Bonchev–Trinajstić information content (AvgIpc) is 2.68. The molecule has 1 atom stereocenters. The third-order valence-corrected chi connectivity index (χ3v) is 5.78. The van der Waals surface area contributed by atoms with Gasteiger partial charge in [0.1, 0.15) is 0 Å². The Bertz CT molecular complexity index is 816. The van der Waals surface area contributed by atoms with Crippen molar-refractivity contribution < 1.29 is 9.53 Å². The van der Waals surface area contributed by atoms with Gasteiger partial charge in [0.05, 0.1) is 6.04 Å². The highest BCUT2D eigenvalue weighted by atomic mass is 35.5. The average molecular weight is 385 g/mol. The van der Waals surface area contributed by atoms with Crippen LogP contribution < -0.4 is 5.32 Å². The Morgan fingerprint density at radius 2 is 1.89 bits per heavy atom. The number of benzene rings is 2. The molecule has 0 saturated carbocycles. The molecule has 27 heavy (non-hydrogen) atoms. The molecule has 0 spiro atoms. The van der Waals surface area contributed by atoms with Crippen molar-refractivity contribution in [3.05, 3.63) is 69.7 Å². The maximum Gasteiger partial charge on any atom is 0.318 e. The first-order valence-corrected chi connectivity index (χ1v) is 9.99. The van der Waals surface area contributed by atoms with Crippen LogP contribution in [-0.2, 0) is 11.2 Å². The van der Waals surface area contributed by atoms with Gasteiger partial charge >= 0.3 is 6.03 Å². The van der Waals surface area contributed by atoms with E-state index in [-0.39, 0.29) is 18.1 Å². The van der Waals surface area contributed by atoms with Gasteiger partial charge in [-0.3, -0.25) is 0 Å². The number of rotatable bonds is 2. The number of hydrogen-bond donors (Lipinski definition) is 1. The maximum absolute atomic E-state index is 13.2. The number of nitrogens with zero attached hydrogens (tertiary/aromatic N) is 1. The number of ether oxygens (including phenoxy) is 1. The third kappa shape index (κ3) is 3.97. The van der Waals surface area contributed by atoms with E-state index in [0.717, 1.165) is 24.8 Å². The lowest BCUT2D eigenvalue weighted by Gasteiger charge is -2.39. The first-order valence-electron chi connectivity index (χ1n) is 9.61. The fourth-order valence-corrected chi connectivity index (χ4v) is 4.18. The number of fused-ring (bicyclic) bond motifs is 1. The van der Waals surface area contributed by atoms with Crippen molar-refractivity contribution >= 4 is 17.6 Å². The fraction of sp³-hybridized carbons (Fsp3) is 0.409. The molecule has 2 aliphatic heterocycles. The quantitative estimate of drug-likeness (QED) is 0.829. The summed E-state index contributed by atoms with van der Waals surface area (Å²) in [7, 11) is 0. The van der Waals surface area contributed by atoms with Crippen LogP contribution >= 0.6 is 11.6 Å². The van der Waals surface area contributed by atoms with Crippen molar-refractivity contribution in [2.75, 3.05) is 19.8 Å². The zero-order valence-electron chi connectivity index (χ0n) is 15.6. The van der Waals surface area contributed by atoms with E-state index in [1.165, 1.54) is 16.7 Å². The summed E-state index contributed by atoms with van der Waals surface area (Å²) in [5.74, 6) is 0. The van der Waals surface area contributed by atoms with Crippen molar-refractivity contribution in [3.8, 4) is 0 Å². The molecule has 4 rings (SSSR count). The van der Waals surface area contributed by atoms with Gasteiger partial charge in [0.15, 0.2) is 0 Å². The van der Waals surface area contributed by atoms with Crippen LogP contribution in [0, 0.1) is 6.92 Å². The Morgan fingerprint density at radius 3 is 2.63 bits per heavy atom. The summed E-state index contributed by atoms with van der Waals surface area (Å²) >= 11 is 6.10. The number of hydrogen-bond acceptors (Lipinski definition) is 2. The molecule has 4 nitrogen and oxygen atoms in total. The van der Waals surface area contributed by atoms with Crippen molar-refractivity contribution in [1.82, 2.24) is 10.2 Å². The molecule has 0 radical (unpaired) electrons. The Morgan fingerprint density at radius 1 is 1.15 bits per heavy atom. The Labute approximate surface area is 165 Å². The summed E-state index contributed by atoms with van der Waals surface area (Å²) in [5, 5.41) is 3.93. The van der Waals surface area contributed by atoms with E-state index in [0.29, 0.717) is 24.8 Å². The number of nitrogens with one attached hydrogen (secondary N) is 1. The van der Waals surface area contributed by atoms with Crippen molar-refractivity contribution in [2.24, 2.45) is 0 Å². The van der Waals surface area contributed by atoms with Crippen LogP contribution in [0.4, 0.5) is 4.79 Å². The maximum atomic E-state index is 13.2. The smallest absolute Gasteiger partial charge is 0.318 e. The lowest BCUT2D eigenvalue weighted by Crippen LogP contribution is -2.50. The molecule has 0 bridgehead atoms. The SMILES string of the molecule is Cc1ccc2c(c1)C(c1ccc(Cl)cc1)N(C(=O)NC1CCOCC1)CC2. The predicted molar refractivity (Wildman–Crippen MR) is 107 cm³/mol. The standard InChI is InChI=1S/C22H25ClN2O2/c1-15-2-3-16-8-11-25(22(26)24-19-9-12-27-13-10-19)21(20(16)14-15)17-4-6-18(23)7-5-17/h2-7,14,19,21H,8-13H2,1H3,(H,24,26). The van der Waals surface area contributed by atoms with Gasteiger partial charge in [-0.2, -0.15) is 0 Å². The second-order valence-electron chi connectivity index (χ2n) is 7.44. The number of halogens is 1. The largest absolute Gasteiger partial charge is 0.381 e. The van der Waals surface area contributed by atoms with Gasteiger partial charge < -0.3 is 15.0 Å². The van der Waals surface area contributed by atoms with Crippen LogP contribution in [0.25, 0.3) is 0 Å². The molecule has 1 saturated heterocycles. The summed E-state index contributed by atoms with van der Waals surface area (Å²) in [6.07, 6.45) is 2.63. The first-order chi connectivity index (χ1) is 13.1. The fourth-order valence-electron chi connectivity index (χ4n) is 4.06. The van der Waals surface area contributed by atoms with Gasteiger partial charge in [0, 0.05) is 30.8 Å². The molecular formula is C22H25ClN2O2. The van der Waals surface area contributed by atoms with E-state index in [2.05, 4.69) is 30.4 Å². The molecular weight excluding hydrogens is 360 g/mol. The highest BCUT2D eigenvalue weighted by molar-refractivity contribution is 6.30. The van der Waals surface area contributed by atoms with Crippen molar-refractivity contribution in [3.63, 3.8) is 0 Å². The van der Waals surface area contributed by atoms with Gasteiger partial charge in [-0.1, -0.05) is 47.5 Å². The van der Waals surface area contributed by atoms with Gasteiger partial charge in [-0.15, -0.1) is 0 Å². The minimum atomic E-state index is -0.0919. The summed E-state index contributed by atoms with van der Waals surface area (Å²) < 4.78 is 5.41. The Kier molecular flexibility index (Phi) is 5.37. The van der Waals surface area contributed by atoms with Crippen LogP contribution in [0.2, 0.25) is 5.02 Å². The van der Waals surface area contributed by atoms with E-state index in [1.807, 2.05) is 29.2 Å². The monoisotopic (exact) mass is 384 g/mol. The first kappa shape index (κ1) is 18.3. The highest BCUT2D eigenvalue weighted by Gasteiger charge is 2.33. The molecule has 2 heterocycles. The lowest BCUT2D eigenvalue weighted by molar-refractivity contribution is 0.0772.